The van der Waals surface area contributed by atoms with E-state index in [0.29, 0.717) is 23.9 Å². The maximum atomic E-state index is 13.1. The van der Waals surface area contributed by atoms with Crippen molar-refractivity contribution in [2.24, 2.45) is 0 Å². The summed E-state index contributed by atoms with van der Waals surface area (Å²) in [6.07, 6.45) is 3.55. The van der Waals surface area contributed by atoms with E-state index in [1.165, 1.54) is 0 Å². The zero-order valence-corrected chi connectivity index (χ0v) is 17.7. The molecule has 3 rings (SSSR count). The molecule has 0 aromatic heterocycles. The molecule has 1 saturated carbocycles. The molecule has 0 bridgehead atoms. The van der Waals surface area contributed by atoms with Crippen molar-refractivity contribution in [2.75, 3.05) is 13.2 Å². The van der Waals surface area contributed by atoms with Gasteiger partial charge in [-0.1, -0.05) is 42.6 Å². The molecule has 1 amide bonds. The molecule has 7 heteroatoms. The monoisotopic (exact) mass is 430 g/mol. The zero-order valence-electron chi connectivity index (χ0n) is 17.0. The van der Waals surface area contributed by atoms with Crippen LogP contribution in [0.2, 0.25) is 5.02 Å². The lowest BCUT2D eigenvalue weighted by molar-refractivity contribution is -0.128. The van der Waals surface area contributed by atoms with Crippen LogP contribution in [-0.4, -0.2) is 35.7 Å². The van der Waals surface area contributed by atoms with E-state index in [1.54, 1.807) is 36.4 Å². The average molecular weight is 431 g/mol. The van der Waals surface area contributed by atoms with E-state index in [2.05, 4.69) is 10.6 Å². The Morgan fingerprint density at radius 3 is 2.50 bits per heavy atom. The van der Waals surface area contributed by atoms with Crippen LogP contribution < -0.4 is 15.4 Å². The first kappa shape index (κ1) is 22.1. The number of hydrogen-bond donors (Lipinski definition) is 3. The molecular weight excluding hydrogens is 404 g/mol. The Morgan fingerprint density at radius 2 is 1.87 bits per heavy atom. The number of rotatable bonds is 9. The van der Waals surface area contributed by atoms with E-state index < -0.39 is 11.5 Å². The zero-order chi connectivity index (χ0) is 21.6. The molecule has 6 nitrogen and oxygen atoms in total. The van der Waals surface area contributed by atoms with Crippen molar-refractivity contribution in [3.8, 4) is 5.75 Å². The summed E-state index contributed by atoms with van der Waals surface area (Å²) in [6, 6.07) is 13.6. The second kappa shape index (κ2) is 9.96. The lowest BCUT2D eigenvalue weighted by Crippen LogP contribution is -2.56. The fourth-order valence-corrected chi connectivity index (χ4v) is 3.99. The lowest BCUT2D eigenvalue weighted by atomic mass is 9.95. The summed E-state index contributed by atoms with van der Waals surface area (Å²) in [6.45, 7) is 2.88. The van der Waals surface area contributed by atoms with E-state index >= 15 is 0 Å². The summed E-state index contributed by atoms with van der Waals surface area (Å²) >= 11 is 5.97. The molecule has 0 aliphatic heterocycles. The molecule has 1 aliphatic carbocycles. The van der Waals surface area contributed by atoms with Crippen molar-refractivity contribution in [3.63, 3.8) is 0 Å². The third-order valence-corrected chi connectivity index (χ3v) is 5.76. The van der Waals surface area contributed by atoms with Crippen LogP contribution in [0.1, 0.15) is 54.6 Å². The first-order valence-corrected chi connectivity index (χ1v) is 10.5. The van der Waals surface area contributed by atoms with Gasteiger partial charge in [-0.2, -0.15) is 0 Å². The van der Waals surface area contributed by atoms with Gasteiger partial charge in [-0.25, -0.2) is 4.79 Å². The van der Waals surface area contributed by atoms with Crippen LogP contribution >= 0.6 is 11.6 Å². The Morgan fingerprint density at radius 1 is 1.17 bits per heavy atom. The number of aromatic carboxylic acids is 1. The van der Waals surface area contributed by atoms with Gasteiger partial charge in [0.1, 0.15) is 12.4 Å². The number of halogens is 1. The Balaban J connectivity index is 1.56. The summed E-state index contributed by atoms with van der Waals surface area (Å²) < 4.78 is 5.73. The molecule has 0 radical (unpaired) electrons. The third kappa shape index (κ3) is 5.52. The smallest absolute Gasteiger partial charge is 0.335 e. The topological polar surface area (TPSA) is 87.7 Å². The molecule has 30 heavy (non-hydrogen) atoms. The number of benzene rings is 2. The lowest BCUT2D eigenvalue weighted by Gasteiger charge is -2.31. The van der Waals surface area contributed by atoms with Crippen molar-refractivity contribution >= 4 is 23.5 Å². The highest BCUT2D eigenvalue weighted by Gasteiger charge is 2.41. The third-order valence-electron chi connectivity index (χ3n) is 5.53. The van der Waals surface area contributed by atoms with Crippen LogP contribution in [0.15, 0.2) is 48.5 Å². The Hall–Kier alpha value is -2.57. The van der Waals surface area contributed by atoms with Gasteiger partial charge in [0, 0.05) is 11.6 Å². The number of carbonyl (C=O) groups is 2. The molecular formula is C23H27ClN2O4. The number of carboxylic acids is 1. The first-order chi connectivity index (χ1) is 14.4. The minimum atomic E-state index is -0.965. The predicted molar refractivity (Wildman–Crippen MR) is 116 cm³/mol. The second-order valence-corrected chi connectivity index (χ2v) is 8.08. The summed E-state index contributed by atoms with van der Waals surface area (Å²) in [5, 5.41) is 16.2. The van der Waals surface area contributed by atoms with Crippen LogP contribution in [0.4, 0.5) is 0 Å². The first-order valence-electron chi connectivity index (χ1n) is 10.2. The molecule has 2 aromatic carbocycles. The van der Waals surface area contributed by atoms with E-state index in [-0.39, 0.29) is 17.5 Å². The highest BCUT2D eigenvalue weighted by Crippen LogP contribution is 2.30. The van der Waals surface area contributed by atoms with Gasteiger partial charge in [0.25, 0.3) is 0 Å². The molecule has 3 N–H and O–H groups in total. The quantitative estimate of drug-likeness (QED) is 0.519. The van der Waals surface area contributed by atoms with Crippen molar-refractivity contribution < 1.29 is 19.4 Å². The number of amides is 1. The Bertz CT molecular complexity index is 879. The van der Waals surface area contributed by atoms with Crippen molar-refractivity contribution in [1.82, 2.24) is 10.6 Å². The van der Waals surface area contributed by atoms with Crippen molar-refractivity contribution in [3.05, 3.63) is 64.7 Å². The predicted octanol–water partition coefficient (Wildman–Crippen LogP) is 4.20. The number of nitrogens with one attached hydrogen (secondary N) is 2. The van der Waals surface area contributed by atoms with Gasteiger partial charge in [0.15, 0.2) is 0 Å². The van der Waals surface area contributed by atoms with Crippen LogP contribution in [0.5, 0.6) is 5.75 Å². The van der Waals surface area contributed by atoms with Gasteiger partial charge < -0.3 is 15.2 Å². The van der Waals surface area contributed by atoms with Crippen LogP contribution in [0.25, 0.3) is 0 Å². The normalized spacial score (nSPS) is 16.1. The minimum absolute atomic E-state index is 0.0300. The molecule has 1 aliphatic rings. The fourth-order valence-electron chi connectivity index (χ4n) is 3.81. The van der Waals surface area contributed by atoms with Gasteiger partial charge in [-0.05, 0) is 55.7 Å². The molecule has 2 aromatic rings. The van der Waals surface area contributed by atoms with E-state index in [4.69, 9.17) is 21.4 Å². The summed E-state index contributed by atoms with van der Waals surface area (Å²) in [4.78, 5) is 24.1. The van der Waals surface area contributed by atoms with Crippen LogP contribution in [0, 0.1) is 0 Å². The largest absolute Gasteiger partial charge is 0.492 e. The molecule has 1 atom stereocenters. The number of carboxylic acid groups (broad SMARTS) is 1. The molecule has 0 unspecified atom stereocenters. The highest BCUT2D eigenvalue weighted by atomic mass is 35.5. The van der Waals surface area contributed by atoms with Crippen molar-refractivity contribution in [1.29, 1.82) is 0 Å². The minimum Gasteiger partial charge on any atom is -0.492 e. The maximum absolute atomic E-state index is 13.1. The molecule has 0 heterocycles. The van der Waals surface area contributed by atoms with Gasteiger partial charge in [-0.15, -0.1) is 0 Å². The highest BCUT2D eigenvalue weighted by molar-refractivity contribution is 6.30. The van der Waals surface area contributed by atoms with E-state index in [9.17, 15) is 9.59 Å². The number of carbonyl (C=O) groups excluding carboxylic acids is 1. The standard InChI is InChI=1S/C23H27ClN2O4/c1-16(17-7-9-18(10-8-17)21(27)28)26-22(29)23(11-2-3-12-23)25-13-14-30-20-6-4-5-19(24)15-20/h4-10,15-16,25H,2-3,11-14H2,1H3,(H,26,29)(H,27,28)/t16-/m0/s1. The van der Waals surface area contributed by atoms with Gasteiger partial charge in [0.05, 0.1) is 17.1 Å². The van der Waals surface area contributed by atoms with Crippen molar-refractivity contribution in [2.45, 2.75) is 44.2 Å². The summed E-state index contributed by atoms with van der Waals surface area (Å²) in [5.41, 5.74) is 0.490. The molecule has 0 spiro atoms. The Kier molecular flexibility index (Phi) is 7.34. The van der Waals surface area contributed by atoms with Crippen LogP contribution in [-0.2, 0) is 4.79 Å². The molecule has 1 fully saturated rings. The van der Waals surface area contributed by atoms with Gasteiger partial charge in [0.2, 0.25) is 5.91 Å². The second-order valence-electron chi connectivity index (χ2n) is 7.64. The van der Waals surface area contributed by atoms with Gasteiger partial charge >= 0.3 is 5.97 Å². The molecule has 0 saturated heterocycles. The summed E-state index contributed by atoms with van der Waals surface area (Å²) in [5.74, 6) is -0.294. The van der Waals surface area contributed by atoms with E-state index in [0.717, 1.165) is 31.2 Å². The molecule has 160 valence electrons. The fraction of sp³-hybridized carbons (Fsp3) is 0.391. The van der Waals surface area contributed by atoms with Crippen LogP contribution in [0.3, 0.4) is 0 Å². The average Bonchev–Trinajstić information content (AvgIpc) is 3.21. The Labute approximate surface area is 181 Å². The van der Waals surface area contributed by atoms with Gasteiger partial charge in [-0.3, -0.25) is 10.1 Å². The number of hydrogen-bond acceptors (Lipinski definition) is 4. The SMILES string of the molecule is C[C@H](NC(=O)C1(NCCOc2cccc(Cl)c2)CCCC1)c1ccc(C(=O)O)cc1. The van der Waals surface area contributed by atoms with E-state index in [1.807, 2.05) is 19.1 Å². The summed E-state index contributed by atoms with van der Waals surface area (Å²) in [7, 11) is 0. The number of ether oxygens (including phenoxy) is 1. The maximum Gasteiger partial charge on any atom is 0.335 e.